The summed E-state index contributed by atoms with van der Waals surface area (Å²) >= 11 is 0. The summed E-state index contributed by atoms with van der Waals surface area (Å²) in [5, 5.41) is 166. The van der Waals surface area contributed by atoms with Crippen LogP contribution in [0.1, 0.15) is 0 Å². The molecule has 19 atom stereocenters. The molecule has 3 aliphatic rings. The minimum absolute atomic E-state index is 1.06. The van der Waals surface area contributed by atoms with Gasteiger partial charge in [-0.2, -0.15) is 0 Å². The molecule has 21 heteroatoms. The summed E-state index contributed by atoms with van der Waals surface area (Å²) in [6.45, 7) is -4.61. The molecule has 0 amide bonds. The molecule has 16 N–H and O–H groups in total. The number of carbonyl (C=O) groups is 1. The maximum atomic E-state index is 14.5. The lowest BCUT2D eigenvalue weighted by Gasteiger charge is -2.54. The Hall–Kier alpha value is -1.13. The van der Waals surface area contributed by atoms with Gasteiger partial charge in [-0.05, 0) is 0 Å². The van der Waals surface area contributed by atoms with Crippen LogP contribution >= 0.6 is 0 Å². The predicted octanol–water partition coefficient (Wildman–Crippen LogP) is -11.1. The zero-order valence-corrected chi connectivity index (χ0v) is 23.4. The second kappa shape index (κ2) is 15.4. The molecule has 3 heterocycles. The lowest BCUT2D eigenvalue weighted by Crippen LogP contribution is -2.78. The van der Waals surface area contributed by atoms with Gasteiger partial charge in [0.05, 0.1) is 26.4 Å². The largest absolute Gasteiger partial charge is 0.394 e. The van der Waals surface area contributed by atoms with E-state index in [0.717, 1.165) is 0 Å². The van der Waals surface area contributed by atoms with Crippen LogP contribution in [-0.2, 0) is 23.7 Å². The number of carbonyl (C=O) groups excluding carboxylic acids is 1. The van der Waals surface area contributed by atoms with Crippen LogP contribution in [0.3, 0.4) is 0 Å². The fourth-order valence-electron chi connectivity index (χ4n) is 5.57. The molecule has 21 nitrogen and oxygen atoms in total. The number of ether oxygens (including phenoxy) is 4. The number of aliphatic hydroxyl groups is 16. The van der Waals surface area contributed by atoms with E-state index < -0.39 is 148 Å². The third-order valence-electron chi connectivity index (χ3n) is 8.35. The van der Waals surface area contributed by atoms with Crippen LogP contribution in [0.25, 0.3) is 0 Å². The molecule has 0 aromatic heterocycles. The van der Waals surface area contributed by atoms with Crippen LogP contribution in [0.15, 0.2) is 0 Å². The Kier molecular flexibility index (Phi) is 13.1. The second-order valence-corrected chi connectivity index (χ2v) is 11.2. The molecule has 0 radical (unpaired) electrons. The van der Waals surface area contributed by atoms with Crippen LogP contribution in [0, 0.1) is 0 Å². The average Bonchev–Trinajstić information content (AvgIpc) is 3.04. The third-order valence-corrected chi connectivity index (χ3v) is 8.35. The van der Waals surface area contributed by atoms with E-state index in [1.807, 2.05) is 0 Å². The molecule has 0 bridgehead atoms. The maximum Gasteiger partial charge on any atom is 0.201 e. The molecule has 0 aliphatic carbocycles. The quantitative estimate of drug-likeness (QED) is 0.0918. The fraction of sp³-hybridized carbons (Fsp3) is 0.958. The minimum Gasteiger partial charge on any atom is -0.394 e. The van der Waals surface area contributed by atoms with E-state index in [1.165, 1.54) is 0 Å². The molecule has 0 saturated carbocycles. The fourth-order valence-corrected chi connectivity index (χ4v) is 5.57. The lowest BCUT2D eigenvalue weighted by molar-refractivity contribution is -0.366. The second-order valence-electron chi connectivity index (χ2n) is 11.2. The predicted molar refractivity (Wildman–Crippen MR) is 135 cm³/mol. The molecule has 0 aromatic rings. The molecule has 45 heavy (non-hydrogen) atoms. The average molecular weight is 667 g/mol. The van der Waals surface area contributed by atoms with Crippen molar-refractivity contribution < 1.29 is 105 Å². The topological polar surface area (TPSA) is 378 Å². The highest BCUT2D eigenvalue weighted by Crippen LogP contribution is 2.41. The number of ketones is 1. The van der Waals surface area contributed by atoms with Gasteiger partial charge in [0.25, 0.3) is 0 Å². The van der Waals surface area contributed by atoms with Crippen molar-refractivity contribution in [3.8, 4) is 0 Å². The molecule has 3 saturated heterocycles. The van der Waals surface area contributed by atoms with E-state index in [9.17, 15) is 86.5 Å². The summed E-state index contributed by atoms with van der Waals surface area (Å²) in [6, 6.07) is 0. The highest BCUT2D eigenvalue weighted by Gasteiger charge is 2.67. The standard InChI is InChI=1S/C24H42O21/c25-1-5(29)9(30)20(40)24(22-17(38)14(35)11(32)7(3-27)43-22,45-23-18(39)15(36)12(33)8(4-28)44-23)21(41)19-16(37)13(34)10(31)6(2-26)42-19/h5-20,22-23,25-40H,1-4H2/t5-,6-,7-,8-,9-,10-,11-,12-,13+,14+,15+,16-,17-,18-,19?,20+,22?,23?,24-/m1/s1. The Bertz CT molecular complexity index is 954. The molecule has 0 aromatic carbocycles. The molecular weight excluding hydrogens is 624 g/mol. The van der Waals surface area contributed by atoms with Gasteiger partial charge in [0.15, 0.2) is 11.9 Å². The SMILES string of the molecule is O=C(C1O[C@H](CO)[C@@H](O)[C@H](O)[C@H]1O)[C@@](OC1O[C@H](CO)[C@@H](O)[C@H](O)[C@H]1O)(C1O[C@H](CO)[C@@H](O)[C@H](O)[C@H]1O)[C@@H](O)[C@H](O)[C@H](O)CO. The zero-order chi connectivity index (χ0) is 34.1. The highest BCUT2D eigenvalue weighted by atomic mass is 16.7. The first-order chi connectivity index (χ1) is 21.0. The smallest absolute Gasteiger partial charge is 0.201 e. The molecule has 3 unspecified atom stereocenters. The normalized spacial score (nSPS) is 46.2. The van der Waals surface area contributed by atoms with Crippen LogP contribution in [0.5, 0.6) is 0 Å². The van der Waals surface area contributed by atoms with Gasteiger partial charge in [-0.1, -0.05) is 0 Å². The van der Waals surface area contributed by atoms with Crippen LogP contribution in [0.4, 0.5) is 0 Å². The van der Waals surface area contributed by atoms with Gasteiger partial charge in [-0.15, -0.1) is 0 Å². The lowest BCUT2D eigenvalue weighted by atomic mass is 9.73. The first-order valence-electron chi connectivity index (χ1n) is 13.8. The molecule has 264 valence electrons. The summed E-state index contributed by atoms with van der Waals surface area (Å²) in [4.78, 5) is 14.5. The van der Waals surface area contributed by atoms with Gasteiger partial charge in [0.1, 0.15) is 104 Å². The highest BCUT2D eigenvalue weighted by molar-refractivity contribution is 5.94. The Morgan fingerprint density at radius 1 is 0.600 bits per heavy atom. The first kappa shape index (κ1) is 38.3. The van der Waals surface area contributed by atoms with E-state index >= 15 is 0 Å². The minimum atomic E-state index is -3.68. The van der Waals surface area contributed by atoms with Gasteiger partial charge in [0.2, 0.25) is 5.78 Å². The Morgan fingerprint density at radius 3 is 1.53 bits per heavy atom. The number of Topliss-reactive ketones (excluding diaryl/α,β-unsaturated/α-hetero) is 1. The maximum absolute atomic E-state index is 14.5. The molecule has 0 spiro atoms. The zero-order valence-electron chi connectivity index (χ0n) is 23.4. The summed E-state index contributed by atoms with van der Waals surface area (Å²) in [5.41, 5.74) is -3.68. The van der Waals surface area contributed by atoms with E-state index in [-0.39, 0.29) is 0 Å². The number of aliphatic hydroxyl groups excluding tert-OH is 16. The van der Waals surface area contributed by atoms with E-state index in [4.69, 9.17) is 18.9 Å². The molecule has 3 fully saturated rings. The van der Waals surface area contributed by atoms with Crippen LogP contribution in [0.2, 0.25) is 0 Å². The molecule has 3 rings (SSSR count). The van der Waals surface area contributed by atoms with Gasteiger partial charge in [0, 0.05) is 0 Å². The first-order valence-corrected chi connectivity index (χ1v) is 13.8. The summed E-state index contributed by atoms with van der Waals surface area (Å²) < 4.78 is 21.6. The molecule has 3 aliphatic heterocycles. The van der Waals surface area contributed by atoms with E-state index in [1.54, 1.807) is 0 Å². The Labute approximate surface area is 253 Å². The van der Waals surface area contributed by atoms with Crippen molar-refractivity contribution in [3.63, 3.8) is 0 Å². The van der Waals surface area contributed by atoms with Crippen molar-refractivity contribution >= 4 is 5.78 Å². The Morgan fingerprint density at radius 2 is 1.04 bits per heavy atom. The molecular formula is C24H42O21. The van der Waals surface area contributed by atoms with Crippen LogP contribution < -0.4 is 0 Å². The van der Waals surface area contributed by atoms with E-state index in [0.29, 0.717) is 0 Å². The number of hydrogen-bond acceptors (Lipinski definition) is 21. The number of rotatable bonds is 12. The van der Waals surface area contributed by atoms with Gasteiger partial charge in [-0.25, -0.2) is 0 Å². The van der Waals surface area contributed by atoms with Crippen molar-refractivity contribution in [1.29, 1.82) is 0 Å². The summed E-state index contributed by atoms with van der Waals surface area (Å²) in [6.07, 6.45) is -41.6. The van der Waals surface area contributed by atoms with Gasteiger partial charge < -0.3 is 101 Å². The van der Waals surface area contributed by atoms with Crippen molar-refractivity contribution in [2.45, 2.75) is 116 Å². The van der Waals surface area contributed by atoms with Gasteiger partial charge >= 0.3 is 0 Å². The van der Waals surface area contributed by atoms with Crippen molar-refractivity contribution in [3.05, 3.63) is 0 Å². The van der Waals surface area contributed by atoms with Gasteiger partial charge in [-0.3, -0.25) is 4.79 Å². The van der Waals surface area contributed by atoms with Crippen LogP contribution in [-0.4, -0.2) is 230 Å². The third kappa shape index (κ3) is 6.90. The summed E-state index contributed by atoms with van der Waals surface area (Å²) in [7, 11) is 0. The van der Waals surface area contributed by atoms with Crippen molar-refractivity contribution in [1.82, 2.24) is 0 Å². The Balaban J connectivity index is 2.31. The number of hydrogen-bond donors (Lipinski definition) is 16. The van der Waals surface area contributed by atoms with E-state index in [2.05, 4.69) is 0 Å². The van der Waals surface area contributed by atoms with Crippen molar-refractivity contribution in [2.75, 3.05) is 26.4 Å². The van der Waals surface area contributed by atoms with Crippen molar-refractivity contribution in [2.24, 2.45) is 0 Å². The monoisotopic (exact) mass is 666 g/mol. The summed E-state index contributed by atoms with van der Waals surface area (Å²) in [5.74, 6) is -1.89.